The van der Waals surface area contributed by atoms with Crippen LogP contribution in [0, 0.1) is 6.92 Å². The molecule has 0 amide bonds. The number of anilines is 1. The molecule has 1 aromatic carbocycles. The van der Waals surface area contributed by atoms with Gasteiger partial charge in [-0.15, -0.1) is 0 Å². The molecular formula is C16H26N4O. The molecule has 21 heavy (non-hydrogen) atoms. The Labute approximate surface area is 127 Å². The second-order valence-electron chi connectivity index (χ2n) is 5.93. The Morgan fingerprint density at radius 1 is 1.38 bits per heavy atom. The maximum atomic E-state index is 6.02. The minimum atomic E-state index is 0.0527. The van der Waals surface area contributed by atoms with Crippen LogP contribution in [0.1, 0.15) is 18.4 Å². The van der Waals surface area contributed by atoms with Crippen molar-refractivity contribution in [3.05, 3.63) is 29.8 Å². The van der Waals surface area contributed by atoms with Crippen molar-refractivity contribution in [1.82, 2.24) is 4.90 Å². The van der Waals surface area contributed by atoms with Gasteiger partial charge in [-0.1, -0.05) is 12.1 Å². The van der Waals surface area contributed by atoms with Gasteiger partial charge in [0.15, 0.2) is 5.96 Å². The van der Waals surface area contributed by atoms with Crippen LogP contribution >= 0.6 is 0 Å². The highest BCUT2D eigenvalue weighted by atomic mass is 16.5. The first-order valence-corrected chi connectivity index (χ1v) is 7.41. The Hall–Kier alpha value is -1.59. The van der Waals surface area contributed by atoms with E-state index in [-0.39, 0.29) is 5.54 Å². The van der Waals surface area contributed by atoms with Gasteiger partial charge < -0.3 is 20.7 Å². The first-order chi connectivity index (χ1) is 10.0. The maximum absolute atomic E-state index is 6.02. The van der Waals surface area contributed by atoms with Crippen LogP contribution in [0.3, 0.4) is 0 Å². The van der Waals surface area contributed by atoms with Crippen LogP contribution in [0.2, 0.25) is 0 Å². The summed E-state index contributed by atoms with van der Waals surface area (Å²) in [7, 11) is 4.20. The number of aryl methyl sites for hydroxylation is 1. The molecule has 1 saturated heterocycles. The Morgan fingerprint density at radius 3 is 2.71 bits per heavy atom. The summed E-state index contributed by atoms with van der Waals surface area (Å²) in [5.74, 6) is 0.466. The number of nitrogens with zero attached hydrogens (tertiary/aromatic N) is 2. The van der Waals surface area contributed by atoms with Gasteiger partial charge in [0.2, 0.25) is 0 Å². The van der Waals surface area contributed by atoms with Gasteiger partial charge in [-0.2, -0.15) is 0 Å². The Morgan fingerprint density at radius 2 is 2.10 bits per heavy atom. The van der Waals surface area contributed by atoms with Gasteiger partial charge in [0.25, 0.3) is 0 Å². The second-order valence-corrected chi connectivity index (χ2v) is 5.93. The molecule has 1 heterocycles. The highest BCUT2D eigenvalue weighted by Crippen LogP contribution is 2.26. The average Bonchev–Trinajstić information content (AvgIpc) is 2.46. The van der Waals surface area contributed by atoms with E-state index in [0.717, 1.165) is 31.7 Å². The van der Waals surface area contributed by atoms with Crippen LogP contribution in [-0.4, -0.2) is 50.3 Å². The predicted molar refractivity (Wildman–Crippen MR) is 87.8 cm³/mol. The topological polar surface area (TPSA) is 62.9 Å². The smallest absolute Gasteiger partial charge is 0.193 e. The minimum absolute atomic E-state index is 0.0527. The van der Waals surface area contributed by atoms with Crippen LogP contribution in [-0.2, 0) is 4.74 Å². The molecule has 0 aliphatic carbocycles. The summed E-state index contributed by atoms with van der Waals surface area (Å²) in [6.07, 6.45) is 1.97. The van der Waals surface area contributed by atoms with Gasteiger partial charge in [-0.25, -0.2) is 0 Å². The van der Waals surface area contributed by atoms with Crippen molar-refractivity contribution < 1.29 is 4.74 Å². The van der Waals surface area contributed by atoms with E-state index in [2.05, 4.69) is 48.4 Å². The molecule has 1 fully saturated rings. The predicted octanol–water partition coefficient (Wildman–Crippen LogP) is 1.83. The van der Waals surface area contributed by atoms with Gasteiger partial charge in [0.1, 0.15) is 0 Å². The number of hydrogen-bond donors (Lipinski definition) is 2. The standard InChI is InChI=1S/C16H26N4O/c1-13-5-4-6-14(11-13)19-15(17)18-12-16(20(2)3)7-9-21-10-8-16/h4-6,11H,7-10,12H2,1-3H3,(H3,17,18,19). The van der Waals surface area contributed by atoms with Gasteiger partial charge in [0.05, 0.1) is 6.54 Å². The summed E-state index contributed by atoms with van der Waals surface area (Å²) in [5.41, 5.74) is 8.24. The lowest BCUT2D eigenvalue weighted by atomic mass is 9.89. The van der Waals surface area contributed by atoms with Crippen molar-refractivity contribution in [2.24, 2.45) is 10.7 Å². The van der Waals surface area contributed by atoms with Crippen LogP contribution in [0.5, 0.6) is 0 Å². The molecule has 116 valence electrons. The third-order valence-corrected chi connectivity index (χ3v) is 4.21. The van der Waals surface area contributed by atoms with Crippen molar-refractivity contribution in [2.45, 2.75) is 25.3 Å². The first kappa shape index (κ1) is 15.8. The SMILES string of the molecule is Cc1cccc(NC(N)=NCC2(N(C)C)CCOCC2)c1. The number of likely N-dealkylation sites (N-methyl/N-ethyl adjacent to an activating group) is 1. The molecule has 5 heteroatoms. The van der Waals surface area contributed by atoms with E-state index in [1.807, 2.05) is 12.1 Å². The number of hydrogen-bond acceptors (Lipinski definition) is 3. The molecule has 1 aliphatic rings. The highest BCUT2D eigenvalue weighted by Gasteiger charge is 2.34. The van der Waals surface area contributed by atoms with Crippen molar-refractivity contribution >= 4 is 11.6 Å². The lowest BCUT2D eigenvalue weighted by Gasteiger charge is -2.41. The lowest BCUT2D eigenvalue weighted by molar-refractivity contribution is -0.00249. The van der Waals surface area contributed by atoms with E-state index in [0.29, 0.717) is 12.5 Å². The minimum Gasteiger partial charge on any atom is -0.381 e. The molecule has 1 aliphatic heterocycles. The summed E-state index contributed by atoms with van der Waals surface area (Å²) in [5, 5.41) is 3.16. The van der Waals surface area contributed by atoms with E-state index in [1.54, 1.807) is 0 Å². The monoisotopic (exact) mass is 290 g/mol. The normalized spacial score (nSPS) is 18.8. The van der Waals surface area contributed by atoms with Crippen LogP contribution < -0.4 is 11.1 Å². The van der Waals surface area contributed by atoms with E-state index in [9.17, 15) is 0 Å². The molecule has 0 unspecified atom stereocenters. The fourth-order valence-corrected chi connectivity index (χ4v) is 2.64. The number of rotatable bonds is 4. The van der Waals surface area contributed by atoms with Gasteiger partial charge in [-0.05, 0) is 51.6 Å². The molecule has 5 nitrogen and oxygen atoms in total. The molecule has 1 aromatic rings. The van der Waals surface area contributed by atoms with Gasteiger partial charge in [0, 0.05) is 24.4 Å². The Balaban J connectivity index is 2.01. The Kier molecular flexibility index (Phi) is 5.20. The lowest BCUT2D eigenvalue weighted by Crippen LogP contribution is -2.51. The molecule has 2 rings (SSSR count). The fourth-order valence-electron chi connectivity index (χ4n) is 2.64. The summed E-state index contributed by atoms with van der Waals surface area (Å²) in [6, 6.07) is 8.11. The number of guanidine groups is 1. The van der Waals surface area contributed by atoms with Crippen LogP contribution in [0.15, 0.2) is 29.3 Å². The maximum Gasteiger partial charge on any atom is 0.193 e. The molecular weight excluding hydrogens is 264 g/mol. The molecule has 0 spiro atoms. The van der Waals surface area contributed by atoms with Gasteiger partial charge in [-0.3, -0.25) is 4.99 Å². The molecule has 0 saturated carbocycles. The zero-order chi connectivity index (χ0) is 15.3. The molecule has 0 radical (unpaired) electrons. The van der Waals surface area contributed by atoms with E-state index >= 15 is 0 Å². The van der Waals surface area contributed by atoms with Crippen molar-refractivity contribution in [3.63, 3.8) is 0 Å². The number of nitrogens with one attached hydrogen (secondary N) is 1. The molecule has 3 N–H and O–H groups in total. The van der Waals surface area contributed by atoms with E-state index < -0.39 is 0 Å². The third kappa shape index (κ3) is 4.19. The molecule has 0 atom stereocenters. The average molecular weight is 290 g/mol. The number of aliphatic imine (C=N–C) groups is 1. The summed E-state index contributed by atoms with van der Waals surface area (Å²) < 4.78 is 5.47. The van der Waals surface area contributed by atoms with E-state index in [1.165, 1.54) is 5.56 Å². The summed E-state index contributed by atoms with van der Waals surface area (Å²) >= 11 is 0. The van der Waals surface area contributed by atoms with E-state index in [4.69, 9.17) is 10.5 Å². The van der Waals surface area contributed by atoms with Crippen molar-refractivity contribution in [1.29, 1.82) is 0 Å². The summed E-state index contributed by atoms with van der Waals surface area (Å²) in [4.78, 5) is 6.80. The van der Waals surface area contributed by atoms with Crippen molar-refractivity contribution in [2.75, 3.05) is 39.2 Å². The van der Waals surface area contributed by atoms with Gasteiger partial charge >= 0.3 is 0 Å². The molecule has 0 aromatic heterocycles. The zero-order valence-electron chi connectivity index (χ0n) is 13.2. The largest absolute Gasteiger partial charge is 0.381 e. The highest BCUT2D eigenvalue weighted by molar-refractivity contribution is 5.92. The summed E-state index contributed by atoms with van der Waals surface area (Å²) in [6.45, 7) is 4.33. The first-order valence-electron chi connectivity index (χ1n) is 7.41. The zero-order valence-corrected chi connectivity index (χ0v) is 13.2. The molecule has 0 bridgehead atoms. The Bertz CT molecular complexity index is 493. The third-order valence-electron chi connectivity index (χ3n) is 4.21. The second kappa shape index (κ2) is 6.91. The number of nitrogens with two attached hydrogens (primary N) is 1. The van der Waals surface area contributed by atoms with Crippen LogP contribution in [0.4, 0.5) is 5.69 Å². The number of benzene rings is 1. The van der Waals surface area contributed by atoms with Crippen molar-refractivity contribution in [3.8, 4) is 0 Å². The van der Waals surface area contributed by atoms with Crippen LogP contribution in [0.25, 0.3) is 0 Å². The fraction of sp³-hybridized carbons (Fsp3) is 0.562. The quantitative estimate of drug-likeness (QED) is 0.656. The number of ether oxygens (including phenoxy) is 1.